The van der Waals surface area contributed by atoms with Gasteiger partial charge < -0.3 is 19.7 Å². The van der Waals surface area contributed by atoms with Crippen molar-refractivity contribution in [2.24, 2.45) is 10.9 Å². The molecule has 1 fully saturated rings. The maximum Gasteiger partial charge on any atom is 0.193 e. The van der Waals surface area contributed by atoms with Crippen molar-refractivity contribution >= 4 is 41.5 Å². The largest absolute Gasteiger partial charge is 0.497 e. The van der Waals surface area contributed by atoms with E-state index < -0.39 is 0 Å². The molecule has 0 spiro atoms. The van der Waals surface area contributed by atoms with Gasteiger partial charge in [-0.25, -0.2) is 0 Å². The van der Waals surface area contributed by atoms with E-state index in [1.807, 2.05) is 43.4 Å². The predicted octanol–water partition coefficient (Wildman–Crippen LogP) is 4.62. The van der Waals surface area contributed by atoms with E-state index in [4.69, 9.17) is 21.1 Å². The first-order valence-electron chi connectivity index (χ1n) is 10.1. The van der Waals surface area contributed by atoms with Crippen LogP contribution in [0, 0.1) is 5.92 Å². The van der Waals surface area contributed by atoms with Crippen LogP contribution in [0.15, 0.2) is 53.5 Å². The summed E-state index contributed by atoms with van der Waals surface area (Å²) in [7, 11) is 3.48. The molecule has 164 valence electrons. The molecule has 2 aromatic rings. The van der Waals surface area contributed by atoms with Crippen molar-refractivity contribution in [1.82, 2.24) is 10.2 Å². The first-order valence-corrected chi connectivity index (χ1v) is 10.5. The van der Waals surface area contributed by atoms with E-state index in [0.717, 1.165) is 61.4 Å². The van der Waals surface area contributed by atoms with Gasteiger partial charge in [-0.05, 0) is 36.1 Å². The fourth-order valence-corrected chi connectivity index (χ4v) is 3.84. The van der Waals surface area contributed by atoms with E-state index in [9.17, 15) is 0 Å². The van der Waals surface area contributed by atoms with E-state index in [-0.39, 0.29) is 24.0 Å². The van der Waals surface area contributed by atoms with Crippen LogP contribution >= 0.6 is 35.6 Å². The van der Waals surface area contributed by atoms with Crippen molar-refractivity contribution in [1.29, 1.82) is 0 Å². The molecule has 1 N–H and O–H groups in total. The summed E-state index contributed by atoms with van der Waals surface area (Å²) in [5.41, 5.74) is 2.32. The topological polar surface area (TPSA) is 46.1 Å². The van der Waals surface area contributed by atoms with E-state index in [1.165, 1.54) is 5.56 Å². The molecule has 1 heterocycles. The predicted molar refractivity (Wildman–Crippen MR) is 134 cm³/mol. The Labute approximate surface area is 201 Å². The molecular formula is C23H31ClIN3O2. The molecule has 0 aromatic heterocycles. The molecule has 0 radical (unpaired) electrons. The molecule has 1 atom stereocenters. The summed E-state index contributed by atoms with van der Waals surface area (Å²) >= 11 is 6.33. The molecule has 0 bridgehead atoms. The second kappa shape index (κ2) is 13.0. The summed E-state index contributed by atoms with van der Waals surface area (Å²) < 4.78 is 11.1. The lowest BCUT2D eigenvalue weighted by Gasteiger charge is -2.22. The SMILES string of the molecule is CN=C(NCCc1ccc(OC)cc1Cl)N1CCC(COCc2ccccc2)C1.I. The highest BCUT2D eigenvalue weighted by Gasteiger charge is 2.24. The fraction of sp³-hybridized carbons (Fsp3) is 0.435. The number of nitrogens with zero attached hydrogens (tertiary/aromatic N) is 2. The Hall–Kier alpha value is -1.51. The number of hydrogen-bond donors (Lipinski definition) is 1. The second-order valence-electron chi connectivity index (χ2n) is 7.28. The number of ether oxygens (including phenoxy) is 2. The average molecular weight is 544 g/mol. The van der Waals surface area contributed by atoms with Crippen molar-refractivity contribution < 1.29 is 9.47 Å². The fourth-order valence-electron chi connectivity index (χ4n) is 3.58. The Kier molecular flexibility index (Phi) is 10.7. The Bertz CT molecular complexity index is 804. The zero-order chi connectivity index (χ0) is 20.5. The summed E-state index contributed by atoms with van der Waals surface area (Å²) in [6, 6.07) is 16.1. The quantitative estimate of drug-likeness (QED) is 0.300. The van der Waals surface area contributed by atoms with Crippen LogP contribution in [0.3, 0.4) is 0 Å². The number of hydrogen-bond acceptors (Lipinski definition) is 3. The molecule has 30 heavy (non-hydrogen) atoms. The molecule has 0 aliphatic carbocycles. The van der Waals surface area contributed by atoms with Gasteiger partial charge in [0.05, 0.1) is 20.3 Å². The monoisotopic (exact) mass is 543 g/mol. The molecule has 1 aliphatic heterocycles. The molecule has 2 aromatic carbocycles. The van der Waals surface area contributed by atoms with Crippen LogP contribution in [0.4, 0.5) is 0 Å². The van der Waals surface area contributed by atoms with Gasteiger partial charge >= 0.3 is 0 Å². The van der Waals surface area contributed by atoms with E-state index >= 15 is 0 Å². The summed E-state index contributed by atoms with van der Waals surface area (Å²) in [5.74, 6) is 2.26. The lowest BCUT2D eigenvalue weighted by molar-refractivity contribution is 0.0907. The summed E-state index contributed by atoms with van der Waals surface area (Å²) in [6.07, 6.45) is 1.96. The van der Waals surface area contributed by atoms with E-state index in [1.54, 1.807) is 7.11 Å². The first-order chi connectivity index (χ1) is 14.2. The van der Waals surface area contributed by atoms with Gasteiger partial charge in [0.25, 0.3) is 0 Å². The van der Waals surface area contributed by atoms with Gasteiger partial charge in [-0.2, -0.15) is 0 Å². The number of nitrogens with one attached hydrogen (secondary N) is 1. The highest BCUT2D eigenvalue weighted by Crippen LogP contribution is 2.22. The van der Waals surface area contributed by atoms with Gasteiger partial charge in [0.2, 0.25) is 0 Å². The highest BCUT2D eigenvalue weighted by molar-refractivity contribution is 14.0. The summed E-state index contributed by atoms with van der Waals surface area (Å²) in [5, 5.41) is 4.20. The third kappa shape index (κ3) is 7.32. The van der Waals surface area contributed by atoms with Gasteiger partial charge in [-0.1, -0.05) is 48.0 Å². The molecule has 1 unspecified atom stereocenters. The molecular weight excluding hydrogens is 513 g/mol. The van der Waals surface area contributed by atoms with Crippen molar-refractivity contribution in [2.75, 3.05) is 40.4 Å². The van der Waals surface area contributed by atoms with Gasteiger partial charge in [0, 0.05) is 37.6 Å². The maximum atomic E-state index is 6.33. The van der Waals surface area contributed by atoms with E-state index in [0.29, 0.717) is 12.5 Å². The average Bonchev–Trinajstić information content (AvgIpc) is 3.21. The van der Waals surface area contributed by atoms with Crippen LogP contribution in [0.1, 0.15) is 17.5 Å². The minimum atomic E-state index is 0. The van der Waals surface area contributed by atoms with Crippen LogP contribution in [0.25, 0.3) is 0 Å². The number of aliphatic imine (C=N–C) groups is 1. The Balaban J connectivity index is 0.00000320. The number of guanidine groups is 1. The lowest BCUT2D eigenvalue weighted by Crippen LogP contribution is -2.41. The van der Waals surface area contributed by atoms with Crippen molar-refractivity contribution in [3.8, 4) is 5.75 Å². The molecule has 1 saturated heterocycles. The van der Waals surface area contributed by atoms with Crippen molar-refractivity contribution in [2.45, 2.75) is 19.4 Å². The number of benzene rings is 2. The van der Waals surface area contributed by atoms with Gasteiger partial charge in [-0.15, -0.1) is 24.0 Å². The van der Waals surface area contributed by atoms with Gasteiger partial charge in [0.1, 0.15) is 5.75 Å². The number of methoxy groups -OCH3 is 1. The van der Waals surface area contributed by atoms with Crippen molar-refractivity contribution in [3.05, 3.63) is 64.7 Å². The third-order valence-corrected chi connectivity index (χ3v) is 5.55. The maximum absolute atomic E-state index is 6.33. The molecule has 1 aliphatic rings. The van der Waals surface area contributed by atoms with Gasteiger partial charge in [-0.3, -0.25) is 4.99 Å². The molecule has 5 nitrogen and oxygen atoms in total. The second-order valence-corrected chi connectivity index (χ2v) is 7.69. The summed E-state index contributed by atoms with van der Waals surface area (Å²) in [4.78, 5) is 6.76. The Morgan fingerprint density at radius 3 is 2.73 bits per heavy atom. The van der Waals surface area contributed by atoms with Gasteiger partial charge in [0.15, 0.2) is 5.96 Å². The minimum Gasteiger partial charge on any atom is -0.497 e. The number of rotatable bonds is 8. The van der Waals surface area contributed by atoms with Crippen LogP contribution < -0.4 is 10.1 Å². The van der Waals surface area contributed by atoms with Crippen LogP contribution in [-0.4, -0.2) is 51.3 Å². The molecule has 3 rings (SSSR count). The number of halogens is 2. The zero-order valence-electron chi connectivity index (χ0n) is 17.6. The van der Waals surface area contributed by atoms with E-state index in [2.05, 4.69) is 27.3 Å². The first kappa shape index (κ1) is 24.8. The normalized spacial score (nSPS) is 16.3. The number of likely N-dealkylation sites (tertiary alicyclic amines) is 1. The minimum absolute atomic E-state index is 0. The highest BCUT2D eigenvalue weighted by atomic mass is 127. The smallest absolute Gasteiger partial charge is 0.193 e. The Morgan fingerprint density at radius 1 is 1.23 bits per heavy atom. The molecule has 0 amide bonds. The van der Waals surface area contributed by atoms with Crippen LogP contribution in [0.2, 0.25) is 5.02 Å². The molecule has 7 heteroatoms. The van der Waals surface area contributed by atoms with Crippen LogP contribution in [-0.2, 0) is 17.8 Å². The molecule has 0 saturated carbocycles. The third-order valence-electron chi connectivity index (χ3n) is 5.20. The zero-order valence-corrected chi connectivity index (χ0v) is 20.7. The Morgan fingerprint density at radius 2 is 2.03 bits per heavy atom. The van der Waals surface area contributed by atoms with Crippen LogP contribution in [0.5, 0.6) is 5.75 Å². The standard InChI is InChI=1S/C23H30ClN3O2.HI/c1-25-23(26-12-10-20-8-9-21(28-2)14-22(20)24)27-13-11-19(15-27)17-29-16-18-6-4-3-5-7-18;/h3-9,14,19H,10-13,15-17H2,1-2H3,(H,25,26);1H. The lowest BCUT2D eigenvalue weighted by atomic mass is 10.1. The summed E-state index contributed by atoms with van der Waals surface area (Å²) in [6.45, 7) is 4.21. The van der Waals surface area contributed by atoms with Crippen molar-refractivity contribution in [3.63, 3.8) is 0 Å².